The van der Waals surface area contributed by atoms with E-state index in [2.05, 4.69) is 4.98 Å². The van der Waals surface area contributed by atoms with Crippen LogP contribution >= 0.6 is 34.2 Å². The summed E-state index contributed by atoms with van der Waals surface area (Å²) in [6.45, 7) is 1.59. The van der Waals surface area contributed by atoms with Crippen molar-refractivity contribution in [2.24, 2.45) is 0 Å². The van der Waals surface area contributed by atoms with Gasteiger partial charge in [-0.05, 0) is 47.2 Å². The van der Waals surface area contributed by atoms with Crippen LogP contribution in [0.1, 0.15) is 28.2 Å². The number of carbonyl (C=O) groups is 1. The molecule has 0 aromatic carbocycles. The molecule has 0 unspecified atom stereocenters. The minimum absolute atomic E-state index is 0.225. The van der Waals surface area contributed by atoms with E-state index in [4.69, 9.17) is 11.6 Å². The van der Waals surface area contributed by atoms with Crippen LogP contribution in [0.25, 0.3) is 0 Å². The molecule has 0 aliphatic rings. The molecule has 0 N–H and O–H groups in total. The number of nitrogens with zero attached hydrogens (tertiary/aromatic N) is 1. The summed E-state index contributed by atoms with van der Waals surface area (Å²) in [5.41, 5.74) is -0.317. The maximum Gasteiger partial charge on any atom is 0.281 e. The molecule has 1 rings (SSSR count). The van der Waals surface area contributed by atoms with Gasteiger partial charge in [-0.25, -0.2) is 8.78 Å². The summed E-state index contributed by atoms with van der Waals surface area (Å²) >= 11 is 7.07. The Kier molecular flexibility index (Phi) is 3.77. The van der Waals surface area contributed by atoms with Crippen LogP contribution in [-0.2, 0) is 0 Å². The van der Waals surface area contributed by atoms with Crippen LogP contribution in [0.4, 0.5) is 8.78 Å². The predicted molar refractivity (Wildman–Crippen MR) is 56.8 cm³/mol. The van der Waals surface area contributed by atoms with Gasteiger partial charge in [0.1, 0.15) is 5.69 Å². The van der Waals surface area contributed by atoms with Crippen LogP contribution < -0.4 is 0 Å². The summed E-state index contributed by atoms with van der Waals surface area (Å²) < 4.78 is 25.5. The van der Waals surface area contributed by atoms with Gasteiger partial charge >= 0.3 is 0 Å². The Morgan fingerprint density at radius 2 is 2.21 bits per heavy atom. The van der Waals surface area contributed by atoms with Gasteiger partial charge in [0.05, 0.1) is 11.3 Å². The molecule has 0 saturated carbocycles. The molecule has 0 spiro atoms. The molecule has 0 bridgehead atoms. The van der Waals surface area contributed by atoms with Gasteiger partial charge in [0.2, 0.25) is 0 Å². The lowest BCUT2D eigenvalue weighted by Gasteiger charge is -2.06. The van der Waals surface area contributed by atoms with Gasteiger partial charge < -0.3 is 0 Å². The molecule has 2 nitrogen and oxygen atoms in total. The van der Waals surface area contributed by atoms with E-state index in [-0.39, 0.29) is 5.56 Å². The van der Waals surface area contributed by atoms with Crippen molar-refractivity contribution in [3.63, 3.8) is 0 Å². The zero-order chi connectivity index (χ0) is 10.9. The van der Waals surface area contributed by atoms with Crippen molar-refractivity contribution in [2.75, 3.05) is 0 Å². The van der Waals surface area contributed by atoms with Gasteiger partial charge in [-0.3, -0.25) is 9.78 Å². The first kappa shape index (κ1) is 11.8. The van der Waals surface area contributed by atoms with Gasteiger partial charge in [0.15, 0.2) is 0 Å². The lowest BCUT2D eigenvalue weighted by Crippen LogP contribution is -2.04. The molecule has 76 valence electrons. The fourth-order valence-corrected chi connectivity index (χ4v) is 1.51. The molecule has 0 saturated heterocycles. The first-order chi connectivity index (χ1) is 6.43. The average molecular weight is 331 g/mol. The highest BCUT2D eigenvalue weighted by atomic mass is 127. The molecule has 0 aliphatic carbocycles. The van der Waals surface area contributed by atoms with Crippen LogP contribution in [-0.4, -0.2) is 10.2 Å². The van der Waals surface area contributed by atoms with Crippen molar-refractivity contribution >= 4 is 39.4 Å². The molecule has 6 heteroatoms. The van der Waals surface area contributed by atoms with Gasteiger partial charge in [-0.15, -0.1) is 0 Å². The highest BCUT2D eigenvalue weighted by molar-refractivity contribution is 14.1. The van der Waals surface area contributed by atoms with Gasteiger partial charge in [-0.2, -0.15) is 0 Å². The van der Waals surface area contributed by atoms with Crippen LogP contribution in [0.5, 0.6) is 0 Å². The zero-order valence-electron chi connectivity index (χ0n) is 7.02. The second-order valence-corrected chi connectivity index (χ2v) is 4.07. The van der Waals surface area contributed by atoms with E-state index in [0.717, 1.165) is 0 Å². The first-order valence-corrected chi connectivity index (χ1v) is 5.04. The summed E-state index contributed by atoms with van der Waals surface area (Å²) in [4.78, 5) is 14.5. The summed E-state index contributed by atoms with van der Waals surface area (Å²) in [5.74, 6) is 0. The molecule has 1 aromatic rings. The molecule has 0 radical (unpaired) electrons. The quantitative estimate of drug-likeness (QED) is 0.615. The van der Waals surface area contributed by atoms with Crippen molar-refractivity contribution in [3.05, 3.63) is 26.6 Å². The first-order valence-electron chi connectivity index (χ1n) is 3.58. The fourth-order valence-electron chi connectivity index (χ4n) is 0.923. The number of rotatable bonds is 2. The summed E-state index contributed by atoms with van der Waals surface area (Å²) in [6.07, 6.45) is -2.79. The van der Waals surface area contributed by atoms with Crippen LogP contribution in [0, 0.1) is 10.5 Å². The number of aromatic nitrogens is 1. The number of carbonyl (C=O) groups excluding carboxylic acids is 1. The topological polar surface area (TPSA) is 30.0 Å². The number of hydrogen-bond acceptors (Lipinski definition) is 2. The van der Waals surface area contributed by atoms with Crippen LogP contribution in [0.2, 0.25) is 0 Å². The molecule has 14 heavy (non-hydrogen) atoms. The zero-order valence-corrected chi connectivity index (χ0v) is 9.94. The molecular formula is C8H5ClF2INO. The van der Waals surface area contributed by atoms with E-state index in [9.17, 15) is 13.6 Å². The second-order valence-electron chi connectivity index (χ2n) is 2.56. The highest BCUT2D eigenvalue weighted by Gasteiger charge is 2.20. The molecule has 1 aromatic heterocycles. The predicted octanol–water partition coefficient (Wildman–Crippen LogP) is 3.31. The Labute approximate surface area is 97.8 Å². The number of pyridine rings is 1. The van der Waals surface area contributed by atoms with Crippen molar-refractivity contribution < 1.29 is 13.6 Å². The Balaban J connectivity index is 3.39. The lowest BCUT2D eigenvalue weighted by atomic mass is 10.2. The standard InChI is InChI=1S/C8H5ClF2INO/c1-3-5(12)2-4(7(9)14)6(13-3)8(10)11/h2,8H,1H3. The van der Waals surface area contributed by atoms with E-state index < -0.39 is 17.4 Å². The lowest BCUT2D eigenvalue weighted by molar-refractivity contribution is 0.106. The van der Waals surface area contributed by atoms with Crippen molar-refractivity contribution in [1.29, 1.82) is 0 Å². The normalized spacial score (nSPS) is 10.7. The highest BCUT2D eigenvalue weighted by Crippen LogP contribution is 2.25. The SMILES string of the molecule is Cc1nc(C(F)F)c(C(=O)Cl)cc1I. The second kappa shape index (κ2) is 4.48. The Bertz CT molecular complexity index is 384. The van der Waals surface area contributed by atoms with Gasteiger partial charge in [0, 0.05) is 3.57 Å². The van der Waals surface area contributed by atoms with Crippen molar-refractivity contribution in [1.82, 2.24) is 4.98 Å². The molecule has 0 fully saturated rings. The Morgan fingerprint density at radius 1 is 1.64 bits per heavy atom. The van der Waals surface area contributed by atoms with Crippen molar-refractivity contribution in [2.45, 2.75) is 13.3 Å². The smallest absolute Gasteiger partial charge is 0.276 e. The molecule has 1 heterocycles. The number of halogens is 4. The Morgan fingerprint density at radius 3 is 2.64 bits per heavy atom. The summed E-state index contributed by atoms with van der Waals surface area (Å²) in [6, 6.07) is 1.32. The van der Waals surface area contributed by atoms with Crippen molar-refractivity contribution in [3.8, 4) is 0 Å². The van der Waals surface area contributed by atoms with Crippen LogP contribution in [0.3, 0.4) is 0 Å². The monoisotopic (exact) mass is 331 g/mol. The summed E-state index contributed by atoms with van der Waals surface area (Å²) in [5, 5.41) is -0.911. The van der Waals surface area contributed by atoms with E-state index >= 15 is 0 Å². The van der Waals surface area contributed by atoms with Crippen LogP contribution in [0.15, 0.2) is 6.07 Å². The molecular weight excluding hydrogens is 326 g/mol. The van der Waals surface area contributed by atoms with Gasteiger partial charge in [-0.1, -0.05) is 0 Å². The third-order valence-corrected chi connectivity index (χ3v) is 2.89. The Hall–Kier alpha value is -0.300. The van der Waals surface area contributed by atoms with E-state index in [0.29, 0.717) is 9.26 Å². The maximum absolute atomic E-state index is 12.4. The van der Waals surface area contributed by atoms with E-state index in [1.54, 1.807) is 6.92 Å². The molecule has 0 amide bonds. The largest absolute Gasteiger partial charge is 0.281 e. The number of hydrogen-bond donors (Lipinski definition) is 0. The minimum atomic E-state index is -2.79. The maximum atomic E-state index is 12.4. The average Bonchev–Trinajstić information content (AvgIpc) is 2.08. The van der Waals surface area contributed by atoms with E-state index in [1.807, 2.05) is 22.6 Å². The molecule has 0 atom stereocenters. The third kappa shape index (κ3) is 2.38. The number of aryl methyl sites for hydroxylation is 1. The molecule has 0 aliphatic heterocycles. The van der Waals surface area contributed by atoms with E-state index in [1.165, 1.54) is 6.07 Å². The fraction of sp³-hybridized carbons (Fsp3) is 0.250. The summed E-state index contributed by atoms with van der Waals surface area (Å²) in [7, 11) is 0. The number of alkyl halides is 2. The minimum Gasteiger partial charge on any atom is -0.276 e. The van der Waals surface area contributed by atoms with Gasteiger partial charge in [0.25, 0.3) is 11.7 Å². The third-order valence-electron chi connectivity index (χ3n) is 1.60.